The topological polar surface area (TPSA) is 147 Å². The normalized spacial score (nSPS) is 15.3. The molecule has 39 heavy (non-hydrogen) atoms. The van der Waals surface area contributed by atoms with E-state index in [1.165, 1.54) is 23.4 Å². The van der Waals surface area contributed by atoms with E-state index < -0.39 is 6.03 Å². The summed E-state index contributed by atoms with van der Waals surface area (Å²) in [4.78, 5) is 48.6. The van der Waals surface area contributed by atoms with Gasteiger partial charge in [-0.25, -0.2) is 19.6 Å². The molecule has 0 unspecified atom stereocenters. The highest BCUT2D eigenvalue weighted by Crippen LogP contribution is 2.29. The van der Waals surface area contributed by atoms with Gasteiger partial charge in [-0.05, 0) is 37.5 Å². The molecule has 0 bridgehead atoms. The van der Waals surface area contributed by atoms with Crippen molar-refractivity contribution in [1.29, 1.82) is 5.26 Å². The van der Waals surface area contributed by atoms with Crippen LogP contribution in [0, 0.1) is 11.3 Å². The molecule has 1 atom stereocenters. The number of rotatable bonds is 8. The summed E-state index contributed by atoms with van der Waals surface area (Å²) in [6.45, 7) is 3.28. The number of methoxy groups -OCH3 is 1. The van der Waals surface area contributed by atoms with E-state index in [-0.39, 0.29) is 42.1 Å². The zero-order valence-electron chi connectivity index (χ0n) is 21.7. The van der Waals surface area contributed by atoms with Gasteiger partial charge in [0.05, 0.1) is 19.1 Å². The van der Waals surface area contributed by atoms with Crippen molar-refractivity contribution in [3.8, 4) is 11.8 Å². The average molecular weight is 533 g/mol. The largest absolute Gasteiger partial charge is 0.494 e. The number of anilines is 2. The molecular weight excluding hydrogens is 504 g/mol. The minimum absolute atomic E-state index is 0.0875. The van der Waals surface area contributed by atoms with Crippen molar-refractivity contribution >= 4 is 29.9 Å². The van der Waals surface area contributed by atoms with E-state index in [0.29, 0.717) is 55.9 Å². The number of hydrogen-bond donors (Lipinski definition) is 1. The number of nitrogens with one attached hydrogen (secondary N) is 1. The van der Waals surface area contributed by atoms with Crippen LogP contribution in [0.5, 0.6) is 5.75 Å². The van der Waals surface area contributed by atoms with Gasteiger partial charge in [0.15, 0.2) is 6.29 Å². The summed E-state index contributed by atoms with van der Waals surface area (Å²) in [6, 6.07) is 4.88. The molecule has 2 aromatic rings. The number of aryl methyl sites for hydroxylation is 1. The lowest BCUT2D eigenvalue weighted by molar-refractivity contribution is 0.0919. The van der Waals surface area contributed by atoms with E-state index in [9.17, 15) is 19.6 Å². The average Bonchev–Trinajstić information content (AvgIpc) is 3.17. The van der Waals surface area contributed by atoms with Gasteiger partial charge in [0.2, 0.25) is 0 Å². The Hall–Kier alpha value is -4.72. The minimum Gasteiger partial charge on any atom is -0.494 e. The number of fused-ring (bicyclic) bond motifs is 1. The summed E-state index contributed by atoms with van der Waals surface area (Å²) in [5.74, 6) is 2.76. The molecule has 0 aliphatic carbocycles. The van der Waals surface area contributed by atoms with Gasteiger partial charge in [0.1, 0.15) is 59.1 Å². The molecule has 4 rings (SSSR count). The SMILES string of the molecule is COC[C@@H](C)Oc1cc(NC(=O)N2CCCc3cc(CN4CC=COCC4=C=O)c(C=O)nc32)ncc1C#N. The standard InChI is InChI=1S/C27H28N6O6/c1-18(16-37-2)39-24-10-25(29-12-21(24)11-28)31-27(36)33-7-3-5-19-9-20(23(15-35)30-26(19)33)13-32-6-4-8-38-17-22(32)14-34/h4,8-10,12,15,18H,3,5-7,13,16-17H2,1-2H3,(H,29,31,36)/t18-/m1/s1. The molecule has 4 heterocycles. The predicted molar refractivity (Wildman–Crippen MR) is 140 cm³/mol. The van der Waals surface area contributed by atoms with E-state index >= 15 is 0 Å². The van der Waals surface area contributed by atoms with Gasteiger partial charge in [-0.1, -0.05) is 0 Å². The Morgan fingerprint density at radius 2 is 2.23 bits per heavy atom. The molecule has 12 nitrogen and oxygen atoms in total. The van der Waals surface area contributed by atoms with E-state index in [1.807, 2.05) is 18.1 Å². The Bertz CT molecular complexity index is 1360. The van der Waals surface area contributed by atoms with E-state index in [0.717, 1.165) is 5.56 Å². The molecule has 2 aromatic heterocycles. The zero-order valence-corrected chi connectivity index (χ0v) is 21.7. The first-order valence-corrected chi connectivity index (χ1v) is 12.3. The van der Waals surface area contributed by atoms with E-state index in [1.54, 1.807) is 25.0 Å². The molecule has 0 fully saturated rings. The van der Waals surface area contributed by atoms with Crippen molar-refractivity contribution in [3.63, 3.8) is 0 Å². The summed E-state index contributed by atoms with van der Waals surface area (Å²) in [5, 5.41) is 12.1. The molecular formula is C27H28N6O6. The summed E-state index contributed by atoms with van der Waals surface area (Å²) < 4.78 is 16.1. The Morgan fingerprint density at radius 1 is 1.38 bits per heavy atom. The van der Waals surface area contributed by atoms with Crippen LogP contribution >= 0.6 is 0 Å². The third-order valence-electron chi connectivity index (χ3n) is 6.18. The monoisotopic (exact) mass is 532 g/mol. The van der Waals surface area contributed by atoms with Gasteiger partial charge >= 0.3 is 6.03 Å². The maximum Gasteiger partial charge on any atom is 0.328 e. The number of aromatic nitrogens is 2. The van der Waals surface area contributed by atoms with Crippen LogP contribution in [0.2, 0.25) is 0 Å². The second-order valence-electron chi connectivity index (χ2n) is 8.99. The number of nitrogens with zero attached hydrogens (tertiary/aromatic N) is 5. The molecule has 0 saturated carbocycles. The van der Waals surface area contributed by atoms with Crippen LogP contribution in [0.4, 0.5) is 16.4 Å². The van der Waals surface area contributed by atoms with Gasteiger partial charge in [0, 0.05) is 38.4 Å². The molecule has 0 radical (unpaired) electrons. The summed E-state index contributed by atoms with van der Waals surface area (Å²) in [7, 11) is 1.55. The molecule has 12 heteroatoms. The first-order chi connectivity index (χ1) is 19.0. The lowest BCUT2D eigenvalue weighted by atomic mass is 10.0. The number of carbonyl (C=O) groups is 2. The van der Waals surface area contributed by atoms with Crippen LogP contribution in [0.15, 0.2) is 36.4 Å². The minimum atomic E-state index is -0.484. The predicted octanol–water partition coefficient (Wildman–Crippen LogP) is 2.62. The molecule has 2 amide bonds. The number of hydrogen-bond acceptors (Lipinski definition) is 10. The molecule has 1 N–H and O–H groups in total. The Labute approximate surface area is 225 Å². The number of ether oxygens (including phenoxy) is 3. The highest BCUT2D eigenvalue weighted by molar-refractivity contribution is 6.01. The highest BCUT2D eigenvalue weighted by Gasteiger charge is 2.27. The van der Waals surface area contributed by atoms with Crippen molar-refractivity contribution in [3.05, 3.63) is 58.7 Å². The van der Waals surface area contributed by atoms with Gasteiger partial charge in [-0.2, -0.15) is 5.26 Å². The maximum absolute atomic E-state index is 13.3. The van der Waals surface area contributed by atoms with Crippen molar-refractivity contribution in [1.82, 2.24) is 14.9 Å². The van der Waals surface area contributed by atoms with Crippen LogP contribution in [0.25, 0.3) is 0 Å². The number of amides is 2. The number of aldehydes is 1. The fourth-order valence-electron chi connectivity index (χ4n) is 4.36. The van der Waals surface area contributed by atoms with Crippen molar-refractivity contribution in [2.24, 2.45) is 0 Å². The third-order valence-corrected chi connectivity index (χ3v) is 6.18. The van der Waals surface area contributed by atoms with Crippen LogP contribution in [0.3, 0.4) is 0 Å². The van der Waals surface area contributed by atoms with Crippen molar-refractivity contribution in [2.75, 3.05) is 43.6 Å². The van der Waals surface area contributed by atoms with Crippen LogP contribution in [-0.4, -0.2) is 72.6 Å². The number of carbonyl (C=O) groups excluding carboxylic acids is 3. The molecule has 0 aromatic carbocycles. The fraction of sp³-hybridized carbons (Fsp3) is 0.370. The second-order valence-corrected chi connectivity index (χ2v) is 8.99. The number of urea groups is 1. The summed E-state index contributed by atoms with van der Waals surface area (Å²) in [6.07, 6.45) is 6.30. The van der Waals surface area contributed by atoms with Gasteiger partial charge in [0.25, 0.3) is 0 Å². The van der Waals surface area contributed by atoms with Gasteiger partial charge in [-0.3, -0.25) is 15.0 Å². The van der Waals surface area contributed by atoms with Crippen molar-refractivity contribution < 1.29 is 28.6 Å². The highest BCUT2D eigenvalue weighted by atomic mass is 16.5. The Balaban J connectivity index is 1.56. The molecule has 2 aliphatic heterocycles. The Morgan fingerprint density at radius 3 is 2.97 bits per heavy atom. The molecule has 2 aliphatic rings. The Kier molecular flexibility index (Phi) is 8.89. The van der Waals surface area contributed by atoms with Crippen LogP contribution in [-0.2, 0) is 27.2 Å². The number of nitriles is 1. The molecule has 202 valence electrons. The second kappa shape index (κ2) is 12.7. The van der Waals surface area contributed by atoms with Crippen LogP contribution < -0.4 is 15.0 Å². The zero-order chi connectivity index (χ0) is 27.8. The van der Waals surface area contributed by atoms with Crippen LogP contribution in [0.1, 0.15) is 40.5 Å². The lowest BCUT2D eigenvalue weighted by Crippen LogP contribution is -2.40. The summed E-state index contributed by atoms with van der Waals surface area (Å²) in [5.41, 5.74) is 2.18. The van der Waals surface area contributed by atoms with Crippen molar-refractivity contribution in [2.45, 2.75) is 32.4 Å². The fourth-order valence-corrected chi connectivity index (χ4v) is 4.36. The third kappa shape index (κ3) is 6.41. The summed E-state index contributed by atoms with van der Waals surface area (Å²) >= 11 is 0. The quantitative estimate of drug-likeness (QED) is 0.397. The number of pyridine rings is 2. The molecule has 0 spiro atoms. The van der Waals surface area contributed by atoms with Gasteiger partial charge < -0.3 is 19.1 Å². The first kappa shape index (κ1) is 27.3. The van der Waals surface area contributed by atoms with E-state index in [4.69, 9.17) is 14.2 Å². The maximum atomic E-state index is 13.3. The lowest BCUT2D eigenvalue weighted by Gasteiger charge is -2.30. The smallest absolute Gasteiger partial charge is 0.328 e. The first-order valence-electron chi connectivity index (χ1n) is 12.3. The molecule has 0 saturated heterocycles. The van der Waals surface area contributed by atoms with Gasteiger partial charge in [-0.15, -0.1) is 0 Å². The van der Waals surface area contributed by atoms with E-state index in [2.05, 4.69) is 15.3 Å².